The maximum Gasteiger partial charge on any atom is 0.317 e. The number of hydrogen-bond acceptors (Lipinski definition) is 4. The highest BCUT2D eigenvalue weighted by Gasteiger charge is 2.35. The number of rotatable bonds is 10. The third-order valence-corrected chi connectivity index (χ3v) is 5.26. The lowest BCUT2D eigenvalue weighted by Gasteiger charge is -2.42. The first kappa shape index (κ1) is 22.2. The van der Waals surface area contributed by atoms with E-state index in [1.54, 1.807) is 0 Å². The van der Waals surface area contributed by atoms with E-state index in [-0.39, 0.29) is 24.7 Å². The Balaban J connectivity index is 1.91. The smallest absolute Gasteiger partial charge is 0.317 e. The van der Waals surface area contributed by atoms with E-state index in [2.05, 4.69) is 29.3 Å². The lowest BCUT2D eigenvalue weighted by atomic mass is 9.85. The Morgan fingerprint density at radius 1 is 1.21 bits per heavy atom. The highest BCUT2D eigenvalue weighted by Crippen LogP contribution is 2.25. The van der Waals surface area contributed by atoms with Crippen LogP contribution in [0.15, 0.2) is 24.3 Å². The number of amides is 2. The molecule has 2 rings (SSSR count). The first-order valence-electron chi connectivity index (χ1n) is 10.00. The molecule has 1 aliphatic rings. The largest absolute Gasteiger partial charge is 0.480 e. The molecule has 0 unspecified atom stereocenters. The van der Waals surface area contributed by atoms with Gasteiger partial charge in [-0.2, -0.15) is 0 Å². The van der Waals surface area contributed by atoms with Crippen LogP contribution in [-0.2, 0) is 11.3 Å². The van der Waals surface area contributed by atoms with Gasteiger partial charge in [-0.25, -0.2) is 4.79 Å². The maximum atomic E-state index is 12.9. The molecule has 0 spiro atoms. The number of carboxylic acid groups (broad SMARTS) is 1. The zero-order valence-electron chi connectivity index (χ0n) is 17.5. The predicted octanol–water partition coefficient (Wildman–Crippen LogP) is 2.01. The number of aryl methyl sites for hydroxylation is 1. The fourth-order valence-electron chi connectivity index (χ4n) is 3.55. The monoisotopic (exact) mass is 390 g/mol. The van der Waals surface area contributed by atoms with Crippen LogP contribution in [0.1, 0.15) is 30.9 Å². The molecule has 0 radical (unpaired) electrons. The molecule has 1 aromatic carbocycles. The number of nitrogens with zero attached hydrogens (tertiary/aromatic N) is 3. The van der Waals surface area contributed by atoms with Crippen LogP contribution in [-0.4, -0.2) is 84.2 Å². The zero-order chi connectivity index (χ0) is 20.7. The number of nitrogens with one attached hydrogen (secondary N) is 1. The van der Waals surface area contributed by atoms with Crippen LogP contribution >= 0.6 is 0 Å². The van der Waals surface area contributed by atoms with Crippen molar-refractivity contribution in [1.82, 2.24) is 20.0 Å². The quantitative estimate of drug-likeness (QED) is 0.639. The molecule has 0 heterocycles. The summed E-state index contributed by atoms with van der Waals surface area (Å²) >= 11 is 0. The van der Waals surface area contributed by atoms with Gasteiger partial charge in [-0.3, -0.25) is 9.69 Å². The Kier molecular flexibility index (Phi) is 8.26. The molecule has 2 N–H and O–H groups in total. The summed E-state index contributed by atoms with van der Waals surface area (Å²) in [5.74, 6) is -0.803. The molecular weight excluding hydrogens is 356 g/mol. The normalized spacial score (nSPS) is 18.8. The predicted molar refractivity (Wildman–Crippen MR) is 110 cm³/mol. The summed E-state index contributed by atoms with van der Waals surface area (Å²) in [7, 11) is 4.00. The van der Waals surface area contributed by atoms with Crippen LogP contribution in [0.2, 0.25) is 0 Å². The molecule has 7 nitrogen and oxygen atoms in total. The molecule has 0 atom stereocenters. The molecular formula is C21H34N4O3. The van der Waals surface area contributed by atoms with Crippen molar-refractivity contribution in [2.75, 3.05) is 40.3 Å². The van der Waals surface area contributed by atoms with Gasteiger partial charge >= 0.3 is 12.0 Å². The lowest BCUT2D eigenvalue weighted by molar-refractivity contribution is -0.139. The van der Waals surface area contributed by atoms with Gasteiger partial charge in [-0.05, 0) is 46.0 Å². The number of carbonyl (C=O) groups is 2. The van der Waals surface area contributed by atoms with E-state index in [0.717, 1.165) is 24.9 Å². The van der Waals surface area contributed by atoms with Crippen LogP contribution in [0.5, 0.6) is 0 Å². The number of carbonyl (C=O) groups excluding carboxylic acids is 1. The minimum atomic E-state index is -0.803. The maximum absolute atomic E-state index is 12.9. The van der Waals surface area contributed by atoms with Crippen molar-refractivity contribution in [2.45, 2.75) is 45.3 Å². The second kappa shape index (κ2) is 10.4. The summed E-state index contributed by atoms with van der Waals surface area (Å²) in [5.41, 5.74) is 2.31. The van der Waals surface area contributed by atoms with Crippen LogP contribution in [0.4, 0.5) is 4.79 Å². The van der Waals surface area contributed by atoms with E-state index < -0.39 is 5.97 Å². The van der Waals surface area contributed by atoms with Crippen molar-refractivity contribution in [3.8, 4) is 0 Å². The Morgan fingerprint density at radius 2 is 1.93 bits per heavy atom. The Morgan fingerprint density at radius 3 is 2.50 bits per heavy atom. The van der Waals surface area contributed by atoms with Crippen LogP contribution in [0.3, 0.4) is 0 Å². The third-order valence-electron chi connectivity index (χ3n) is 5.26. The average molecular weight is 391 g/mol. The summed E-state index contributed by atoms with van der Waals surface area (Å²) in [6.07, 6.45) is 1.61. The first-order chi connectivity index (χ1) is 13.3. The summed E-state index contributed by atoms with van der Waals surface area (Å²) in [6.45, 7) is 6.83. The molecule has 0 aliphatic heterocycles. The van der Waals surface area contributed by atoms with Gasteiger partial charge in [-0.1, -0.05) is 36.8 Å². The van der Waals surface area contributed by atoms with Crippen molar-refractivity contribution in [3.63, 3.8) is 0 Å². The number of urea groups is 1. The van der Waals surface area contributed by atoms with E-state index in [1.807, 2.05) is 43.0 Å². The molecule has 1 saturated carbocycles. The topological polar surface area (TPSA) is 76.1 Å². The molecule has 0 bridgehead atoms. The second-order valence-corrected chi connectivity index (χ2v) is 7.94. The molecule has 0 aromatic heterocycles. The number of likely N-dealkylation sites (N-methyl/N-ethyl adjacent to an activating group) is 2. The fraction of sp³-hybridized carbons (Fsp3) is 0.619. The van der Waals surface area contributed by atoms with Gasteiger partial charge in [0.2, 0.25) is 0 Å². The summed E-state index contributed by atoms with van der Waals surface area (Å²) in [6, 6.07) is 8.53. The Hall–Kier alpha value is -2.12. The first-order valence-corrected chi connectivity index (χ1v) is 10.00. The van der Waals surface area contributed by atoms with E-state index in [0.29, 0.717) is 19.6 Å². The molecule has 0 saturated heterocycles. The minimum absolute atomic E-state index is 0.0481. The van der Waals surface area contributed by atoms with E-state index in [1.165, 1.54) is 5.56 Å². The number of hydrogen-bond donors (Lipinski definition) is 2. The van der Waals surface area contributed by atoms with Gasteiger partial charge < -0.3 is 20.2 Å². The zero-order valence-corrected chi connectivity index (χ0v) is 17.5. The van der Waals surface area contributed by atoms with Gasteiger partial charge in [-0.15, -0.1) is 0 Å². The number of carboxylic acids is 1. The molecule has 28 heavy (non-hydrogen) atoms. The third kappa shape index (κ3) is 6.80. The molecule has 1 fully saturated rings. The molecule has 156 valence electrons. The second-order valence-electron chi connectivity index (χ2n) is 7.94. The fourth-order valence-corrected chi connectivity index (χ4v) is 3.55. The number of aliphatic carboxylic acids is 1. The van der Waals surface area contributed by atoms with Crippen molar-refractivity contribution in [2.24, 2.45) is 0 Å². The van der Waals surface area contributed by atoms with Crippen molar-refractivity contribution < 1.29 is 14.7 Å². The van der Waals surface area contributed by atoms with Gasteiger partial charge in [0.15, 0.2) is 0 Å². The molecule has 7 heteroatoms. The van der Waals surface area contributed by atoms with Gasteiger partial charge in [0.05, 0.1) is 6.54 Å². The lowest BCUT2D eigenvalue weighted by Crippen LogP contribution is -2.57. The minimum Gasteiger partial charge on any atom is -0.480 e. The van der Waals surface area contributed by atoms with Crippen LogP contribution in [0, 0.1) is 6.92 Å². The number of benzene rings is 1. The molecule has 2 amide bonds. The Labute approximate surface area is 168 Å². The van der Waals surface area contributed by atoms with Gasteiger partial charge in [0.25, 0.3) is 0 Å². The van der Waals surface area contributed by atoms with E-state index in [9.17, 15) is 9.59 Å². The Bertz CT molecular complexity index is 659. The van der Waals surface area contributed by atoms with E-state index in [4.69, 9.17) is 5.11 Å². The SMILES string of the molecule is CCN(CC(=O)O)C1CC(NC(=O)N(CCN(C)C)Cc2cccc(C)c2)C1. The van der Waals surface area contributed by atoms with Crippen molar-refractivity contribution >= 4 is 12.0 Å². The van der Waals surface area contributed by atoms with E-state index >= 15 is 0 Å². The standard InChI is InChI=1S/C21H34N4O3/c1-5-24(15-20(26)27)19-12-18(13-19)22-21(28)25(10-9-23(3)4)14-17-8-6-7-16(2)11-17/h6-8,11,18-19H,5,9-10,12-15H2,1-4H3,(H,22,28)(H,26,27). The highest BCUT2D eigenvalue weighted by atomic mass is 16.4. The summed E-state index contributed by atoms with van der Waals surface area (Å²) < 4.78 is 0. The average Bonchev–Trinajstić information content (AvgIpc) is 2.59. The van der Waals surface area contributed by atoms with Crippen LogP contribution in [0.25, 0.3) is 0 Å². The molecule has 1 aliphatic carbocycles. The van der Waals surface area contributed by atoms with Gasteiger partial charge in [0, 0.05) is 31.7 Å². The van der Waals surface area contributed by atoms with Gasteiger partial charge in [0.1, 0.15) is 0 Å². The highest BCUT2D eigenvalue weighted by molar-refractivity contribution is 5.74. The summed E-state index contributed by atoms with van der Waals surface area (Å²) in [5, 5.41) is 12.1. The summed E-state index contributed by atoms with van der Waals surface area (Å²) in [4.78, 5) is 29.7. The van der Waals surface area contributed by atoms with Crippen molar-refractivity contribution in [3.05, 3.63) is 35.4 Å². The molecule has 1 aromatic rings. The van der Waals surface area contributed by atoms with Crippen molar-refractivity contribution in [1.29, 1.82) is 0 Å². The van der Waals surface area contributed by atoms with Crippen LogP contribution < -0.4 is 5.32 Å².